The van der Waals surface area contributed by atoms with Crippen molar-refractivity contribution in [3.05, 3.63) is 77.4 Å². The summed E-state index contributed by atoms with van der Waals surface area (Å²) >= 11 is 0. The van der Waals surface area contributed by atoms with Gasteiger partial charge in [-0.25, -0.2) is 9.69 Å². The zero-order valence-electron chi connectivity index (χ0n) is 26.0. The molecule has 1 saturated heterocycles. The van der Waals surface area contributed by atoms with Crippen LogP contribution in [-0.4, -0.2) is 64.9 Å². The number of hydrogen-bond acceptors (Lipinski definition) is 8. The van der Waals surface area contributed by atoms with Crippen LogP contribution in [0.4, 0.5) is 4.79 Å². The molecule has 0 aromatic heterocycles. The minimum Gasteiger partial charge on any atom is -0.453 e. The van der Waals surface area contributed by atoms with E-state index >= 15 is 0 Å². The summed E-state index contributed by atoms with van der Waals surface area (Å²) in [7, 11) is 0. The lowest BCUT2D eigenvalue weighted by atomic mass is 9.87. The highest BCUT2D eigenvalue weighted by molar-refractivity contribution is 6.25. The first-order valence-electron chi connectivity index (χ1n) is 15.2. The average Bonchev–Trinajstić information content (AvgIpc) is 3.39. The Kier molecular flexibility index (Phi) is 13.0. The smallest absolute Gasteiger partial charge is 0.416 e. The molecule has 0 aliphatic carbocycles. The number of aliphatic hydroxyl groups is 1. The second kappa shape index (κ2) is 16.7. The third-order valence-electron chi connectivity index (χ3n) is 7.70. The quantitative estimate of drug-likeness (QED) is 0.156. The lowest BCUT2D eigenvalue weighted by Crippen LogP contribution is -2.50. The molecule has 0 radical (unpaired) electrons. The van der Waals surface area contributed by atoms with E-state index in [1.54, 1.807) is 42.5 Å². The maximum atomic E-state index is 14.1. The van der Waals surface area contributed by atoms with Crippen molar-refractivity contribution in [2.45, 2.75) is 78.4 Å². The number of amides is 2. The Balaban J connectivity index is 2.06. The fourth-order valence-electron chi connectivity index (χ4n) is 5.32. The monoisotopic (exact) mass is 605 g/mol. The summed E-state index contributed by atoms with van der Waals surface area (Å²) < 4.78 is 10.8. The van der Waals surface area contributed by atoms with Crippen molar-refractivity contribution in [1.29, 1.82) is 0 Å². The molecule has 0 saturated carbocycles. The molecule has 3 rings (SSSR count). The number of nitrogens with zero attached hydrogens (tertiary/aromatic N) is 1. The molecule has 1 aliphatic heterocycles. The van der Waals surface area contributed by atoms with Crippen molar-refractivity contribution in [3.8, 4) is 0 Å². The Morgan fingerprint density at radius 1 is 1.02 bits per heavy atom. The van der Waals surface area contributed by atoms with Crippen LogP contribution in [0.15, 0.2) is 60.7 Å². The Morgan fingerprint density at radius 2 is 1.73 bits per heavy atom. The molecule has 3 atom stereocenters. The first-order valence-corrected chi connectivity index (χ1v) is 15.2. The van der Waals surface area contributed by atoms with Gasteiger partial charge in [0.05, 0.1) is 12.0 Å². The second-order valence-electron chi connectivity index (χ2n) is 11.6. The topological polar surface area (TPSA) is 127 Å². The summed E-state index contributed by atoms with van der Waals surface area (Å²) in [5.41, 5.74) is 2.28. The minimum atomic E-state index is -1.60. The number of ether oxygens (including phenoxy) is 2. The third-order valence-corrected chi connectivity index (χ3v) is 7.70. The Morgan fingerprint density at radius 3 is 2.36 bits per heavy atom. The number of benzene rings is 2. The van der Waals surface area contributed by atoms with Gasteiger partial charge >= 0.3 is 12.1 Å². The molecule has 9 nitrogen and oxygen atoms in total. The molecule has 9 heteroatoms. The molecule has 0 bridgehead atoms. The molecule has 2 amide bonds. The fraction of sp³-hybridized carbons (Fsp3) is 0.457. The van der Waals surface area contributed by atoms with Gasteiger partial charge in [0, 0.05) is 25.5 Å². The van der Waals surface area contributed by atoms with Crippen molar-refractivity contribution >= 4 is 35.1 Å². The largest absolute Gasteiger partial charge is 0.453 e. The van der Waals surface area contributed by atoms with Crippen LogP contribution in [0.2, 0.25) is 0 Å². The van der Waals surface area contributed by atoms with Crippen molar-refractivity contribution < 1.29 is 38.6 Å². The van der Waals surface area contributed by atoms with Crippen LogP contribution in [-0.2, 0) is 35.1 Å². The van der Waals surface area contributed by atoms with Gasteiger partial charge in [-0.2, -0.15) is 0 Å². The standard InChI is InChI=1S/C35H43NO8/c1-23(2)30-22-43-35(42)36(30)34(41)29(20-26-14-8-7-9-15-26)33(44-25(4)38)32(40)21-28(27-16-12-13-24(3)19-27)31(39)17-10-5-6-11-18-37/h7-9,12-16,19,21,23,29-30,33,37H,5-6,10-11,17-18,20,22H2,1-4H3/t29-,30+,33-/m1/s1. The Labute approximate surface area is 259 Å². The van der Waals surface area contributed by atoms with Crippen molar-refractivity contribution in [2.75, 3.05) is 13.2 Å². The van der Waals surface area contributed by atoms with E-state index in [1.165, 1.54) is 6.08 Å². The van der Waals surface area contributed by atoms with Gasteiger partial charge in [0.2, 0.25) is 5.91 Å². The fourth-order valence-corrected chi connectivity index (χ4v) is 5.32. The first-order chi connectivity index (χ1) is 21.0. The maximum Gasteiger partial charge on any atom is 0.416 e. The molecular weight excluding hydrogens is 562 g/mol. The van der Waals surface area contributed by atoms with Gasteiger partial charge < -0.3 is 14.6 Å². The summed E-state index contributed by atoms with van der Waals surface area (Å²) in [4.78, 5) is 67.9. The van der Waals surface area contributed by atoms with Gasteiger partial charge in [0.1, 0.15) is 6.61 Å². The van der Waals surface area contributed by atoms with E-state index in [1.807, 2.05) is 32.9 Å². The normalized spacial score (nSPS) is 16.4. The molecule has 2 aromatic rings. The second-order valence-corrected chi connectivity index (χ2v) is 11.6. The molecule has 44 heavy (non-hydrogen) atoms. The number of aryl methyl sites for hydroxylation is 1. The molecular formula is C35H43NO8. The van der Waals surface area contributed by atoms with Crippen LogP contribution < -0.4 is 0 Å². The number of allylic oxidation sites excluding steroid dienone is 1. The minimum absolute atomic E-state index is 0.00434. The lowest BCUT2D eigenvalue weighted by Gasteiger charge is -2.30. The number of aliphatic hydroxyl groups excluding tert-OH is 1. The number of esters is 1. The van der Waals surface area contributed by atoms with E-state index in [-0.39, 0.29) is 43.3 Å². The molecule has 1 fully saturated rings. The van der Waals surface area contributed by atoms with Crippen LogP contribution in [0.25, 0.3) is 5.57 Å². The van der Waals surface area contributed by atoms with Gasteiger partial charge in [-0.3, -0.25) is 19.2 Å². The first kappa shape index (κ1) is 34.4. The van der Waals surface area contributed by atoms with E-state index < -0.39 is 41.8 Å². The number of carbonyl (C=O) groups excluding carboxylic acids is 5. The van der Waals surface area contributed by atoms with Crippen molar-refractivity contribution in [1.82, 2.24) is 4.90 Å². The van der Waals surface area contributed by atoms with Crippen LogP contribution in [0.1, 0.15) is 69.6 Å². The number of cyclic esters (lactones) is 1. The number of imide groups is 1. The number of ketones is 2. The van der Waals surface area contributed by atoms with E-state index in [0.717, 1.165) is 30.2 Å². The number of rotatable bonds is 16. The van der Waals surface area contributed by atoms with Crippen molar-refractivity contribution in [2.24, 2.45) is 11.8 Å². The SMILES string of the molecule is CC(=O)O[C@@H](C(=O)C=C(C(=O)CCCCCCO)c1cccc(C)c1)[C@@H](Cc1ccccc1)C(=O)N1C(=O)OC[C@H]1C(C)C. The zero-order chi connectivity index (χ0) is 32.2. The van der Waals surface area contributed by atoms with Gasteiger partial charge in [-0.1, -0.05) is 86.8 Å². The molecule has 236 valence electrons. The molecule has 2 aromatic carbocycles. The predicted octanol–water partition coefficient (Wildman–Crippen LogP) is 5.25. The average molecular weight is 606 g/mol. The van der Waals surface area contributed by atoms with E-state index in [4.69, 9.17) is 14.6 Å². The summed E-state index contributed by atoms with van der Waals surface area (Å²) in [5.74, 6) is -3.83. The highest BCUT2D eigenvalue weighted by Crippen LogP contribution is 2.28. The molecule has 1 N–H and O–H groups in total. The summed E-state index contributed by atoms with van der Waals surface area (Å²) in [6, 6.07) is 15.6. The summed E-state index contributed by atoms with van der Waals surface area (Å²) in [5, 5.41) is 9.05. The zero-order valence-corrected chi connectivity index (χ0v) is 26.0. The highest BCUT2D eigenvalue weighted by atomic mass is 16.6. The third kappa shape index (κ3) is 9.44. The molecule has 0 unspecified atom stereocenters. The molecule has 0 spiro atoms. The Bertz CT molecular complexity index is 1350. The van der Waals surface area contributed by atoms with Crippen LogP contribution in [0.5, 0.6) is 0 Å². The molecule has 1 aliphatic rings. The van der Waals surface area contributed by atoms with E-state index in [2.05, 4.69) is 0 Å². The van der Waals surface area contributed by atoms with E-state index in [9.17, 15) is 24.0 Å². The maximum absolute atomic E-state index is 14.1. The highest BCUT2D eigenvalue weighted by Gasteiger charge is 2.46. The Hall–Kier alpha value is -4.11. The number of Topliss-reactive ketones (excluding diaryl/α,β-unsaturated/α-hetero) is 1. The van der Waals surface area contributed by atoms with Crippen molar-refractivity contribution in [3.63, 3.8) is 0 Å². The summed E-state index contributed by atoms with van der Waals surface area (Å²) in [6.45, 7) is 6.86. The number of carbonyl (C=O) groups is 5. The van der Waals surface area contributed by atoms with Gasteiger partial charge in [0.25, 0.3) is 0 Å². The van der Waals surface area contributed by atoms with Gasteiger partial charge in [0.15, 0.2) is 17.7 Å². The predicted molar refractivity (Wildman–Crippen MR) is 165 cm³/mol. The summed E-state index contributed by atoms with van der Waals surface area (Å²) in [6.07, 6.45) is 1.69. The van der Waals surface area contributed by atoms with Crippen LogP contribution >= 0.6 is 0 Å². The van der Waals surface area contributed by atoms with Crippen LogP contribution in [0.3, 0.4) is 0 Å². The number of hydrogen-bond donors (Lipinski definition) is 1. The lowest BCUT2D eigenvalue weighted by molar-refractivity contribution is -0.159. The van der Waals surface area contributed by atoms with Crippen LogP contribution in [0, 0.1) is 18.8 Å². The number of unbranched alkanes of at least 4 members (excludes halogenated alkanes) is 3. The molecule has 1 heterocycles. The van der Waals surface area contributed by atoms with Gasteiger partial charge in [-0.15, -0.1) is 0 Å². The van der Waals surface area contributed by atoms with Gasteiger partial charge in [-0.05, 0) is 49.3 Å². The van der Waals surface area contributed by atoms with E-state index in [0.29, 0.717) is 24.0 Å².